The molecule has 1 amide bonds. The fourth-order valence-electron chi connectivity index (χ4n) is 2.57. The quantitative estimate of drug-likeness (QED) is 0.759. The molecular weight excluding hydrogens is 208 g/mol. The van der Waals surface area contributed by atoms with Crippen molar-refractivity contribution in [3.8, 4) is 0 Å². The fourth-order valence-corrected chi connectivity index (χ4v) is 2.57. The van der Waals surface area contributed by atoms with Crippen molar-refractivity contribution in [1.29, 1.82) is 0 Å². The summed E-state index contributed by atoms with van der Waals surface area (Å²) in [5.74, 6) is -1.02. The lowest BCUT2D eigenvalue weighted by Gasteiger charge is -2.49. The van der Waals surface area contributed by atoms with Gasteiger partial charge in [0.1, 0.15) is 6.04 Å². The van der Waals surface area contributed by atoms with Gasteiger partial charge in [0.2, 0.25) is 5.91 Å². The first-order chi connectivity index (χ1) is 7.29. The van der Waals surface area contributed by atoms with E-state index in [1.807, 2.05) is 25.7 Å². The predicted molar refractivity (Wildman–Crippen MR) is 60.1 cm³/mol. The van der Waals surface area contributed by atoms with Crippen LogP contribution < -0.4 is 0 Å². The second-order valence-electron chi connectivity index (χ2n) is 4.91. The zero-order valence-electron chi connectivity index (χ0n) is 10.4. The van der Waals surface area contributed by atoms with E-state index < -0.39 is 12.0 Å². The second-order valence-corrected chi connectivity index (χ2v) is 4.91. The van der Waals surface area contributed by atoms with Crippen molar-refractivity contribution in [2.75, 3.05) is 20.1 Å². The monoisotopic (exact) mass is 228 g/mol. The molecule has 16 heavy (non-hydrogen) atoms. The normalized spacial score (nSPS) is 25.9. The number of carbonyl (C=O) groups excluding carboxylic acids is 1. The maximum Gasteiger partial charge on any atom is 0.305 e. The smallest absolute Gasteiger partial charge is 0.305 e. The molecule has 1 aliphatic rings. The summed E-state index contributed by atoms with van der Waals surface area (Å²) in [7, 11) is 1.73. The number of aliphatic carboxylic acids is 1. The van der Waals surface area contributed by atoms with Crippen molar-refractivity contribution in [3.63, 3.8) is 0 Å². The van der Waals surface area contributed by atoms with Gasteiger partial charge in [-0.2, -0.15) is 0 Å². The second kappa shape index (κ2) is 4.41. The molecule has 1 heterocycles. The first-order valence-electron chi connectivity index (χ1n) is 5.53. The maximum atomic E-state index is 11.9. The molecule has 92 valence electrons. The minimum absolute atomic E-state index is 0.0939. The van der Waals surface area contributed by atoms with Gasteiger partial charge < -0.3 is 10.0 Å². The van der Waals surface area contributed by atoms with Crippen LogP contribution in [0.4, 0.5) is 0 Å². The maximum absolute atomic E-state index is 11.9. The molecule has 5 heteroatoms. The van der Waals surface area contributed by atoms with Crippen LogP contribution in [0.1, 0.15) is 27.2 Å². The van der Waals surface area contributed by atoms with Crippen molar-refractivity contribution in [3.05, 3.63) is 0 Å². The summed E-state index contributed by atoms with van der Waals surface area (Å²) < 4.78 is 0. The van der Waals surface area contributed by atoms with E-state index in [4.69, 9.17) is 5.11 Å². The minimum Gasteiger partial charge on any atom is -0.481 e. The average Bonchev–Trinajstić information content (AvgIpc) is 2.12. The Morgan fingerprint density at radius 2 is 2.12 bits per heavy atom. The highest BCUT2D eigenvalue weighted by atomic mass is 16.4. The van der Waals surface area contributed by atoms with E-state index >= 15 is 0 Å². The van der Waals surface area contributed by atoms with Crippen LogP contribution in [0.25, 0.3) is 0 Å². The third-order valence-electron chi connectivity index (χ3n) is 3.15. The van der Waals surface area contributed by atoms with E-state index in [-0.39, 0.29) is 17.9 Å². The largest absolute Gasteiger partial charge is 0.481 e. The molecule has 0 saturated carbocycles. The molecule has 0 aromatic carbocycles. The molecule has 1 rings (SSSR count). The number of hydrogen-bond donors (Lipinski definition) is 1. The number of piperazine rings is 1. The first-order valence-corrected chi connectivity index (χ1v) is 5.53. The van der Waals surface area contributed by atoms with Crippen LogP contribution in [-0.2, 0) is 9.59 Å². The van der Waals surface area contributed by atoms with Crippen LogP contribution in [0.15, 0.2) is 0 Å². The van der Waals surface area contributed by atoms with E-state index in [1.165, 1.54) is 0 Å². The summed E-state index contributed by atoms with van der Waals surface area (Å²) in [6.07, 6.45) is -0.125. The van der Waals surface area contributed by atoms with E-state index in [1.54, 1.807) is 11.9 Å². The third kappa shape index (κ3) is 2.35. The molecule has 1 fully saturated rings. The number of likely N-dealkylation sites (N-methyl/N-ethyl adjacent to an activating group) is 2. The van der Waals surface area contributed by atoms with E-state index in [0.29, 0.717) is 13.1 Å². The van der Waals surface area contributed by atoms with Crippen molar-refractivity contribution in [2.45, 2.75) is 38.8 Å². The van der Waals surface area contributed by atoms with Gasteiger partial charge in [0.25, 0.3) is 0 Å². The molecule has 0 aliphatic carbocycles. The highest BCUT2D eigenvalue weighted by molar-refractivity contribution is 5.87. The standard InChI is InChI=1S/C11H20N2O3/c1-5-13-8(6-9(14)15)10(16)12(4)7-11(13,2)3/h8H,5-7H2,1-4H3,(H,14,15). The number of carboxylic acid groups (broad SMARTS) is 1. The fraction of sp³-hybridized carbons (Fsp3) is 0.818. The Morgan fingerprint density at radius 1 is 1.56 bits per heavy atom. The summed E-state index contributed by atoms with van der Waals surface area (Å²) in [4.78, 5) is 26.3. The summed E-state index contributed by atoms with van der Waals surface area (Å²) in [5.41, 5.74) is -0.169. The molecular formula is C11H20N2O3. The van der Waals surface area contributed by atoms with Crippen LogP contribution >= 0.6 is 0 Å². The number of nitrogens with zero attached hydrogens (tertiary/aromatic N) is 2. The Bertz CT molecular complexity index is 302. The molecule has 1 unspecified atom stereocenters. The van der Waals surface area contributed by atoms with E-state index in [0.717, 1.165) is 0 Å². The Hall–Kier alpha value is -1.10. The Balaban J connectivity index is 2.97. The molecule has 1 atom stereocenters. The summed E-state index contributed by atoms with van der Waals surface area (Å²) in [6.45, 7) is 7.35. The number of carbonyl (C=O) groups is 2. The SMILES string of the molecule is CCN1C(CC(=O)O)C(=O)N(C)CC1(C)C. The molecule has 1 saturated heterocycles. The van der Waals surface area contributed by atoms with Crippen LogP contribution in [0.3, 0.4) is 0 Å². The lowest BCUT2D eigenvalue weighted by molar-refractivity contribution is -0.154. The topological polar surface area (TPSA) is 60.9 Å². The summed E-state index contributed by atoms with van der Waals surface area (Å²) >= 11 is 0. The molecule has 0 aromatic heterocycles. The molecule has 0 bridgehead atoms. The lowest BCUT2D eigenvalue weighted by atomic mass is 9.93. The highest BCUT2D eigenvalue weighted by Crippen LogP contribution is 2.26. The van der Waals surface area contributed by atoms with Crippen LogP contribution in [0, 0.1) is 0 Å². The third-order valence-corrected chi connectivity index (χ3v) is 3.15. The summed E-state index contributed by atoms with van der Waals surface area (Å²) in [5, 5.41) is 8.86. The molecule has 0 aromatic rings. The van der Waals surface area contributed by atoms with E-state index in [9.17, 15) is 9.59 Å². The number of carboxylic acids is 1. The molecule has 1 aliphatic heterocycles. The minimum atomic E-state index is -0.928. The van der Waals surface area contributed by atoms with Crippen LogP contribution in [-0.4, -0.2) is 58.5 Å². The van der Waals surface area contributed by atoms with Gasteiger partial charge in [-0.3, -0.25) is 14.5 Å². The van der Waals surface area contributed by atoms with Gasteiger partial charge in [0.05, 0.1) is 6.42 Å². The van der Waals surface area contributed by atoms with Gasteiger partial charge in [-0.05, 0) is 20.4 Å². The lowest BCUT2D eigenvalue weighted by Crippen LogP contribution is -2.65. The van der Waals surface area contributed by atoms with Crippen molar-refractivity contribution in [1.82, 2.24) is 9.80 Å². The van der Waals surface area contributed by atoms with Crippen molar-refractivity contribution in [2.24, 2.45) is 0 Å². The van der Waals surface area contributed by atoms with Gasteiger partial charge in [-0.25, -0.2) is 0 Å². The van der Waals surface area contributed by atoms with Gasteiger partial charge >= 0.3 is 5.97 Å². The summed E-state index contributed by atoms with van der Waals surface area (Å²) in [6, 6.07) is -0.531. The van der Waals surface area contributed by atoms with Crippen LogP contribution in [0.2, 0.25) is 0 Å². The Labute approximate surface area is 96.0 Å². The zero-order chi connectivity index (χ0) is 12.5. The van der Waals surface area contributed by atoms with Gasteiger partial charge in [-0.15, -0.1) is 0 Å². The highest BCUT2D eigenvalue weighted by Gasteiger charge is 2.43. The number of amides is 1. The molecule has 1 N–H and O–H groups in total. The predicted octanol–water partition coefficient (Wildman–Crippen LogP) is 0.402. The van der Waals surface area contributed by atoms with E-state index in [2.05, 4.69) is 0 Å². The Kier molecular flexibility index (Phi) is 3.57. The number of rotatable bonds is 3. The zero-order valence-corrected chi connectivity index (χ0v) is 10.4. The molecule has 5 nitrogen and oxygen atoms in total. The van der Waals surface area contributed by atoms with Gasteiger partial charge in [0, 0.05) is 19.1 Å². The van der Waals surface area contributed by atoms with Gasteiger partial charge in [-0.1, -0.05) is 6.92 Å². The number of hydrogen-bond acceptors (Lipinski definition) is 3. The Morgan fingerprint density at radius 3 is 2.56 bits per heavy atom. The van der Waals surface area contributed by atoms with Gasteiger partial charge in [0.15, 0.2) is 0 Å². The average molecular weight is 228 g/mol. The first kappa shape index (κ1) is 13.0. The molecule has 0 spiro atoms. The van der Waals surface area contributed by atoms with Crippen molar-refractivity contribution < 1.29 is 14.7 Å². The molecule has 0 radical (unpaired) electrons. The van der Waals surface area contributed by atoms with Crippen LogP contribution in [0.5, 0.6) is 0 Å². The van der Waals surface area contributed by atoms with Crippen molar-refractivity contribution >= 4 is 11.9 Å².